The van der Waals surface area contributed by atoms with Gasteiger partial charge in [-0.1, -0.05) is 36.4 Å². The number of aryl methyl sites for hydroxylation is 2. The van der Waals surface area contributed by atoms with E-state index in [1.54, 1.807) is 0 Å². The van der Waals surface area contributed by atoms with E-state index in [0.717, 1.165) is 16.8 Å². The molecular formula is C24H27N3O3. The zero-order chi connectivity index (χ0) is 21.3. The fourth-order valence-electron chi connectivity index (χ4n) is 4.53. The lowest BCUT2D eigenvalue weighted by Gasteiger charge is -2.34. The minimum absolute atomic E-state index is 0.0202. The molecule has 0 radical (unpaired) electrons. The molecule has 156 valence electrons. The van der Waals surface area contributed by atoms with Gasteiger partial charge in [-0.2, -0.15) is 0 Å². The zero-order valence-electron chi connectivity index (χ0n) is 17.4. The number of nitrogens with zero attached hydrogens (tertiary/aromatic N) is 2. The van der Waals surface area contributed by atoms with Gasteiger partial charge in [0.1, 0.15) is 0 Å². The Balaban J connectivity index is 1.40. The topological polar surface area (TPSA) is 69.7 Å². The molecule has 2 fully saturated rings. The lowest BCUT2D eigenvalue weighted by Crippen LogP contribution is -2.47. The van der Waals surface area contributed by atoms with Crippen LogP contribution in [0, 0.1) is 19.8 Å². The molecule has 2 heterocycles. The largest absolute Gasteiger partial charge is 0.326 e. The molecule has 2 saturated heterocycles. The number of para-hydroxylation sites is 2. The summed E-state index contributed by atoms with van der Waals surface area (Å²) in [6.45, 7) is 5.12. The third-order valence-corrected chi connectivity index (χ3v) is 6.17. The summed E-state index contributed by atoms with van der Waals surface area (Å²) < 4.78 is 0. The van der Waals surface area contributed by atoms with Crippen LogP contribution < -0.4 is 10.2 Å². The molecule has 1 atom stereocenters. The maximum atomic E-state index is 13.2. The summed E-state index contributed by atoms with van der Waals surface area (Å²) in [5.41, 5.74) is 3.36. The SMILES string of the molecule is Cc1cccc(C)c1N1C(=O)C[C@@H](N2CCC(C(=O)Nc3ccccc3)CC2)C1=O. The molecule has 0 bridgehead atoms. The van der Waals surface area contributed by atoms with Crippen molar-refractivity contribution < 1.29 is 14.4 Å². The molecule has 3 amide bonds. The van der Waals surface area contributed by atoms with Gasteiger partial charge in [0.05, 0.1) is 18.2 Å². The summed E-state index contributed by atoms with van der Waals surface area (Å²) in [5.74, 6) is -0.355. The van der Waals surface area contributed by atoms with E-state index in [1.807, 2.05) is 62.4 Å². The van der Waals surface area contributed by atoms with Crippen molar-refractivity contribution in [2.75, 3.05) is 23.3 Å². The maximum Gasteiger partial charge on any atom is 0.251 e. The molecule has 2 aromatic rings. The van der Waals surface area contributed by atoms with Crippen LogP contribution in [-0.4, -0.2) is 41.8 Å². The summed E-state index contributed by atoms with van der Waals surface area (Å²) in [4.78, 5) is 41.9. The van der Waals surface area contributed by atoms with Crippen LogP contribution in [-0.2, 0) is 14.4 Å². The molecule has 30 heavy (non-hydrogen) atoms. The number of benzene rings is 2. The van der Waals surface area contributed by atoms with Crippen LogP contribution in [0.25, 0.3) is 0 Å². The third-order valence-electron chi connectivity index (χ3n) is 6.17. The molecule has 2 aliphatic rings. The predicted molar refractivity (Wildman–Crippen MR) is 116 cm³/mol. The van der Waals surface area contributed by atoms with Crippen LogP contribution in [0.15, 0.2) is 48.5 Å². The van der Waals surface area contributed by atoms with Crippen molar-refractivity contribution in [3.8, 4) is 0 Å². The number of likely N-dealkylation sites (tertiary alicyclic amines) is 1. The Morgan fingerprint density at radius 3 is 2.20 bits per heavy atom. The smallest absolute Gasteiger partial charge is 0.251 e. The maximum absolute atomic E-state index is 13.2. The molecular weight excluding hydrogens is 378 g/mol. The number of amides is 3. The Hall–Kier alpha value is -2.99. The van der Waals surface area contributed by atoms with Crippen molar-refractivity contribution in [1.82, 2.24) is 4.90 Å². The molecule has 6 heteroatoms. The number of carbonyl (C=O) groups excluding carboxylic acids is 3. The van der Waals surface area contributed by atoms with Gasteiger partial charge in [0, 0.05) is 11.6 Å². The highest BCUT2D eigenvalue weighted by molar-refractivity contribution is 6.23. The van der Waals surface area contributed by atoms with Crippen molar-refractivity contribution in [2.45, 2.75) is 39.2 Å². The highest BCUT2D eigenvalue weighted by Gasteiger charge is 2.44. The zero-order valence-corrected chi connectivity index (χ0v) is 17.4. The average Bonchev–Trinajstić information content (AvgIpc) is 3.03. The van der Waals surface area contributed by atoms with Gasteiger partial charge in [-0.15, -0.1) is 0 Å². The van der Waals surface area contributed by atoms with E-state index >= 15 is 0 Å². The van der Waals surface area contributed by atoms with E-state index in [2.05, 4.69) is 10.2 Å². The molecule has 4 rings (SSSR count). The van der Waals surface area contributed by atoms with Gasteiger partial charge < -0.3 is 5.32 Å². The second kappa shape index (κ2) is 8.40. The van der Waals surface area contributed by atoms with Gasteiger partial charge in [0.25, 0.3) is 5.91 Å². The Labute approximate surface area is 176 Å². The minimum Gasteiger partial charge on any atom is -0.326 e. The Morgan fingerprint density at radius 1 is 0.933 bits per heavy atom. The van der Waals surface area contributed by atoms with Gasteiger partial charge in [0.15, 0.2) is 0 Å². The minimum atomic E-state index is -0.436. The number of hydrogen-bond donors (Lipinski definition) is 1. The first-order chi connectivity index (χ1) is 14.5. The van der Waals surface area contributed by atoms with E-state index in [0.29, 0.717) is 31.6 Å². The predicted octanol–water partition coefficient (Wildman–Crippen LogP) is 3.29. The standard InChI is InChI=1S/C24H27N3O3/c1-16-7-6-8-17(2)22(16)27-21(28)15-20(24(27)30)26-13-11-18(12-14-26)23(29)25-19-9-4-3-5-10-19/h3-10,18,20H,11-15H2,1-2H3,(H,25,29)/t20-/m1/s1. The molecule has 0 spiro atoms. The van der Waals surface area contributed by atoms with Gasteiger partial charge in [-0.3, -0.25) is 19.3 Å². The van der Waals surface area contributed by atoms with E-state index in [4.69, 9.17) is 0 Å². The molecule has 0 aromatic heterocycles. The van der Waals surface area contributed by atoms with Crippen LogP contribution >= 0.6 is 0 Å². The quantitative estimate of drug-likeness (QED) is 0.793. The second-order valence-corrected chi connectivity index (χ2v) is 8.19. The number of imide groups is 1. The molecule has 2 aromatic carbocycles. The summed E-state index contributed by atoms with van der Waals surface area (Å²) in [5, 5.41) is 2.97. The monoisotopic (exact) mass is 405 g/mol. The third kappa shape index (κ3) is 3.87. The number of carbonyl (C=O) groups is 3. The number of anilines is 2. The summed E-state index contributed by atoms with van der Waals surface area (Å²) >= 11 is 0. The normalized spacial score (nSPS) is 20.6. The van der Waals surface area contributed by atoms with Crippen molar-refractivity contribution in [2.24, 2.45) is 5.92 Å². The number of hydrogen-bond acceptors (Lipinski definition) is 4. The van der Waals surface area contributed by atoms with Crippen molar-refractivity contribution in [1.29, 1.82) is 0 Å². The number of rotatable bonds is 4. The fourth-order valence-corrected chi connectivity index (χ4v) is 4.53. The van der Waals surface area contributed by atoms with Gasteiger partial charge >= 0.3 is 0 Å². The van der Waals surface area contributed by atoms with Gasteiger partial charge in [-0.25, -0.2) is 4.90 Å². The molecule has 1 N–H and O–H groups in total. The summed E-state index contributed by atoms with van der Waals surface area (Å²) in [7, 11) is 0. The van der Waals surface area contributed by atoms with E-state index < -0.39 is 6.04 Å². The molecule has 0 aliphatic carbocycles. The first kappa shape index (κ1) is 20.3. The molecule has 2 aliphatic heterocycles. The highest BCUT2D eigenvalue weighted by atomic mass is 16.2. The van der Waals surface area contributed by atoms with Crippen molar-refractivity contribution in [3.05, 3.63) is 59.7 Å². The molecule has 0 saturated carbocycles. The average molecular weight is 405 g/mol. The van der Waals surface area contributed by atoms with E-state index in [9.17, 15) is 14.4 Å². The first-order valence-corrected chi connectivity index (χ1v) is 10.5. The van der Waals surface area contributed by atoms with Crippen LogP contribution in [0.4, 0.5) is 11.4 Å². The Morgan fingerprint density at radius 2 is 1.57 bits per heavy atom. The van der Waals surface area contributed by atoms with Crippen molar-refractivity contribution in [3.63, 3.8) is 0 Å². The van der Waals surface area contributed by atoms with Crippen LogP contribution in [0.2, 0.25) is 0 Å². The number of piperidine rings is 1. The van der Waals surface area contributed by atoms with E-state index in [-0.39, 0.29) is 30.1 Å². The fraction of sp³-hybridized carbons (Fsp3) is 0.375. The van der Waals surface area contributed by atoms with Crippen LogP contribution in [0.1, 0.15) is 30.4 Å². The van der Waals surface area contributed by atoms with Gasteiger partial charge in [0.2, 0.25) is 11.8 Å². The van der Waals surface area contributed by atoms with Crippen LogP contribution in [0.3, 0.4) is 0 Å². The first-order valence-electron chi connectivity index (χ1n) is 10.5. The second-order valence-electron chi connectivity index (χ2n) is 8.19. The van der Waals surface area contributed by atoms with Crippen molar-refractivity contribution >= 4 is 29.1 Å². The molecule has 0 unspecified atom stereocenters. The number of nitrogens with one attached hydrogen (secondary N) is 1. The van der Waals surface area contributed by atoms with Crippen LogP contribution in [0.5, 0.6) is 0 Å². The molecule has 6 nitrogen and oxygen atoms in total. The Bertz CT molecular complexity index is 945. The van der Waals surface area contributed by atoms with Gasteiger partial charge in [-0.05, 0) is 63.0 Å². The summed E-state index contributed by atoms with van der Waals surface area (Å²) in [6, 6.07) is 14.8. The summed E-state index contributed by atoms with van der Waals surface area (Å²) in [6.07, 6.45) is 1.56. The Kier molecular flexibility index (Phi) is 5.68. The lowest BCUT2D eigenvalue weighted by molar-refractivity contribution is -0.123. The van der Waals surface area contributed by atoms with E-state index in [1.165, 1.54) is 4.90 Å². The lowest BCUT2D eigenvalue weighted by atomic mass is 9.94. The highest BCUT2D eigenvalue weighted by Crippen LogP contribution is 2.32.